The Balaban J connectivity index is 1.94. The van der Waals surface area contributed by atoms with Crippen LogP contribution in [0.25, 0.3) is 0 Å². The van der Waals surface area contributed by atoms with E-state index >= 15 is 0 Å². The summed E-state index contributed by atoms with van der Waals surface area (Å²) in [5.74, 6) is 1.27. The molecule has 1 saturated carbocycles. The molecular weight excluding hydrogens is 232 g/mol. The molecule has 0 saturated heterocycles. The molecule has 0 amide bonds. The van der Waals surface area contributed by atoms with Crippen LogP contribution in [0.1, 0.15) is 44.6 Å². The van der Waals surface area contributed by atoms with Crippen molar-refractivity contribution in [1.29, 1.82) is 0 Å². The molecule has 1 fully saturated rings. The number of benzene rings is 1. The first-order chi connectivity index (χ1) is 9.20. The summed E-state index contributed by atoms with van der Waals surface area (Å²) >= 11 is 0. The van der Waals surface area contributed by atoms with Crippen LogP contribution in [0, 0.1) is 5.92 Å². The van der Waals surface area contributed by atoms with Crippen molar-refractivity contribution in [2.45, 2.75) is 45.1 Å². The van der Waals surface area contributed by atoms with Crippen LogP contribution in [-0.2, 0) is 0 Å². The van der Waals surface area contributed by atoms with E-state index in [1.807, 2.05) is 0 Å². The predicted octanol–water partition coefficient (Wildman–Crippen LogP) is 3.24. The highest BCUT2D eigenvalue weighted by Gasteiger charge is 2.30. The van der Waals surface area contributed by atoms with Gasteiger partial charge in [-0.3, -0.25) is 4.90 Å². The van der Waals surface area contributed by atoms with E-state index in [-0.39, 0.29) is 0 Å². The van der Waals surface area contributed by atoms with E-state index in [4.69, 9.17) is 5.73 Å². The molecule has 0 spiro atoms. The van der Waals surface area contributed by atoms with Crippen LogP contribution in [-0.4, -0.2) is 30.6 Å². The summed E-state index contributed by atoms with van der Waals surface area (Å²) < 4.78 is 0. The first-order valence-corrected chi connectivity index (χ1v) is 7.69. The number of nitrogens with two attached hydrogens (primary N) is 1. The highest BCUT2D eigenvalue weighted by molar-refractivity contribution is 5.20. The summed E-state index contributed by atoms with van der Waals surface area (Å²) in [6.07, 6.45) is 4.05. The molecule has 2 N–H and O–H groups in total. The predicted molar refractivity (Wildman–Crippen MR) is 82.3 cm³/mol. The molecule has 0 aliphatic heterocycles. The van der Waals surface area contributed by atoms with Gasteiger partial charge in [0.15, 0.2) is 0 Å². The lowest BCUT2D eigenvalue weighted by Gasteiger charge is -2.27. The van der Waals surface area contributed by atoms with Crippen LogP contribution < -0.4 is 5.73 Å². The quantitative estimate of drug-likeness (QED) is 0.777. The highest BCUT2D eigenvalue weighted by atomic mass is 15.2. The van der Waals surface area contributed by atoms with Gasteiger partial charge < -0.3 is 5.73 Å². The zero-order valence-electron chi connectivity index (χ0n) is 12.4. The largest absolute Gasteiger partial charge is 0.330 e. The van der Waals surface area contributed by atoms with Crippen LogP contribution >= 0.6 is 0 Å². The third-order valence-electron chi connectivity index (χ3n) is 4.07. The van der Waals surface area contributed by atoms with Crippen LogP contribution in [0.5, 0.6) is 0 Å². The fraction of sp³-hybridized carbons (Fsp3) is 0.647. The van der Waals surface area contributed by atoms with Crippen molar-refractivity contribution in [3.63, 3.8) is 0 Å². The Labute approximate surface area is 118 Å². The molecule has 1 aliphatic rings. The molecule has 0 bridgehead atoms. The Morgan fingerprint density at radius 1 is 1.21 bits per heavy atom. The van der Waals surface area contributed by atoms with E-state index in [2.05, 4.69) is 49.1 Å². The Bertz CT molecular complexity index is 357. The Morgan fingerprint density at radius 2 is 1.89 bits per heavy atom. The summed E-state index contributed by atoms with van der Waals surface area (Å²) in [5, 5.41) is 0. The van der Waals surface area contributed by atoms with E-state index in [0.717, 1.165) is 25.0 Å². The SMILES string of the molecule is CC(C)CCN(CC(CN)c1ccccc1)C1CC1. The third-order valence-corrected chi connectivity index (χ3v) is 4.07. The van der Waals surface area contributed by atoms with Gasteiger partial charge in [-0.25, -0.2) is 0 Å². The molecule has 1 unspecified atom stereocenters. The average Bonchev–Trinajstić information content (AvgIpc) is 3.24. The Kier molecular flexibility index (Phi) is 5.41. The minimum atomic E-state index is 0.481. The number of hydrogen-bond donors (Lipinski definition) is 1. The van der Waals surface area contributed by atoms with Gasteiger partial charge in [0.1, 0.15) is 0 Å². The van der Waals surface area contributed by atoms with Gasteiger partial charge in [0.05, 0.1) is 0 Å². The Hall–Kier alpha value is -0.860. The molecule has 1 aromatic rings. The number of rotatable bonds is 8. The van der Waals surface area contributed by atoms with Crippen LogP contribution in [0.15, 0.2) is 30.3 Å². The van der Waals surface area contributed by atoms with Gasteiger partial charge in [0, 0.05) is 25.0 Å². The second kappa shape index (κ2) is 7.06. The molecule has 1 aromatic carbocycles. The summed E-state index contributed by atoms with van der Waals surface area (Å²) in [7, 11) is 0. The molecular formula is C17H28N2. The summed E-state index contributed by atoms with van der Waals surface area (Å²) in [6, 6.07) is 11.6. The molecule has 106 valence electrons. The summed E-state index contributed by atoms with van der Waals surface area (Å²) in [5.41, 5.74) is 7.39. The van der Waals surface area contributed by atoms with Gasteiger partial charge >= 0.3 is 0 Å². The maximum atomic E-state index is 6.00. The van der Waals surface area contributed by atoms with Crippen molar-refractivity contribution in [1.82, 2.24) is 4.90 Å². The van der Waals surface area contributed by atoms with Gasteiger partial charge in [-0.15, -0.1) is 0 Å². The van der Waals surface area contributed by atoms with Crippen LogP contribution in [0.4, 0.5) is 0 Å². The third kappa shape index (κ3) is 4.63. The first-order valence-electron chi connectivity index (χ1n) is 7.69. The van der Waals surface area contributed by atoms with Crippen LogP contribution in [0.2, 0.25) is 0 Å². The summed E-state index contributed by atoms with van der Waals surface area (Å²) in [6.45, 7) is 7.71. The van der Waals surface area contributed by atoms with Gasteiger partial charge in [0.25, 0.3) is 0 Å². The van der Waals surface area contributed by atoms with Crippen molar-refractivity contribution in [2.75, 3.05) is 19.6 Å². The molecule has 19 heavy (non-hydrogen) atoms. The van der Waals surface area contributed by atoms with Crippen molar-refractivity contribution >= 4 is 0 Å². The second-order valence-corrected chi connectivity index (χ2v) is 6.25. The summed E-state index contributed by atoms with van der Waals surface area (Å²) in [4.78, 5) is 2.67. The fourth-order valence-electron chi connectivity index (χ4n) is 2.61. The minimum absolute atomic E-state index is 0.481. The normalized spacial score (nSPS) is 17.1. The standard InChI is InChI=1S/C17H28N2/c1-14(2)10-11-19(17-8-9-17)13-16(12-18)15-6-4-3-5-7-15/h3-7,14,16-17H,8-13,18H2,1-2H3. The van der Waals surface area contributed by atoms with Crippen molar-refractivity contribution < 1.29 is 0 Å². The molecule has 0 heterocycles. The zero-order valence-corrected chi connectivity index (χ0v) is 12.4. The molecule has 1 atom stereocenters. The Morgan fingerprint density at radius 3 is 2.42 bits per heavy atom. The van der Waals surface area contributed by atoms with E-state index in [9.17, 15) is 0 Å². The molecule has 1 aliphatic carbocycles. The zero-order chi connectivity index (χ0) is 13.7. The number of nitrogens with zero attached hydrogens (tertiary/aromatic N) is 1. The van der Waals surface area contributed by atoms with Crippen molar-refractivity contribution in [2.24, 2.45) is 11.7 Å². The van der Waals surface area contributed by atoms with Crippen LogP contribution in [0.3, 0.4) is 0 Å². The molecule has 2 rings (SSSR count). The maximum Gasteiger partial charge on any atom is 0.00966 e. The van der Waals surface area contributed by atoms with E-state index in [1.165, 1.54) is 31.4 Å². The van der Waals surface area contributed by atoms with E-state index in [0.29, 0.717) is 5.92 Å². The second-order valence-electron chi connectivity index (χ2n) is 6.25. The lowest BCUT2D eigenvalue weighted by molar-refractivity contribution is 0.233. The highest BCUT2D eigenvalue weighted by Crippen LogP contribution is 2.29. The maximum absolute atomic E-state index is 6.00. The molecule has 0 radical (unpaired) electrons. The fourth-order valence-corrected chi connectivity index (χ4v) is 2.61. The lowest BCUT2D eigenvalue weighted by atomic mass is 9.98. The van der Waals surface area contributed by atoms with Crippen molar-refractivity contribution in [3.8, 4) is 0 Å². The molecule has 0 aromatic heterocycles. The molecule has 2 heteroatoms. The van der Waals surface area contributed by atoms with Crippen molar-refractivity contribution in [3.05, 3.63) is 35.9 Å². The van der Waals surface area contributed by atoms with Gasteiger partial charge in [0.2, 0.25) is 0 Å². The monoisotopic (exact) mass is 260 g/mol. The first kappa shape index (κ1) is 14.5. The minimum Gasteiger partial charge on any atom is -0.330 e. The van der Waals surface area contributed by atoms with E-state index < -0.39 is 0 Å². The lowest BCUT2D eigenvalue weighted by Crippen LogP contribution is -2.34. The van der Waals surface area contributed by atoms with Gasteiger partial charge in [-0.05, 0) is 37.3 Å². The average molecular weight is 260 g/mol. The van der Waals surface area contributed by atoms with E-state index in [1.54, 1.807) is 0 Å². The number of hydrogen-bond acceptors (Lipinski definition) is 2. The smallest absolute Gasteiger partial charge is 0.00966 e. The topological polar surface area (TPSA) is 29.3 Å². The molecule has 2 nitrogen and oxygen atoms in total. The van der Waals surface area contributed by atoms with Gasteiger partial charge in [-0.2, -0.15) is 0 Å². The van der Waals surface area contributed by atoms with Gasteiger partial charge in [-0.1, -0.05) is 44.2 Å².